The number of hydrogen-bond donors (Lipinski definition) is 1. The van der Waals surface area contributed by atoms with Gasteiger partial charge in [-0.3, -0.25) is 0 Å². The van der Waals surface area contributed by atoms with Gasteiger partial charge in [0.15, 0.2) is 0 Å². The summed E-state index contributed by atoms with van der Waals surface area (Å²) < 4.78 is 5.64. The van der Waals surface area contributed by atoms with Crippen LogP contribution in [0.25, 0.3) is 0 Å². The van der Waals surface area contributed by atoms with Gasteiger partial charge in [0.25, 0.3) is 0 Å². The van der Waals surface area contributed by atoms with Crippen LogP contribution in [-0.4, -0.2) is 17.3 Å². The maximum atomic E-state index is 10.1. The third-order valence-electron chi connectivity index (χ3n) is 3.37. The van der Waals surface area contributed by atoms with E-state index in [0.29, 0.717) is 25.4 Å². The van der Waals surface area contributed by atoms with Gasteiger partial charge in [-0.1, -0.05) is 39.8 Å². The molecule has 96 valence electrons. The number of rotatable bonds is 6. The molecule has 17 heavy (non-hydrogen) atoms. The smallest absolute Gasteiger partial charge is 0.119 e. The Morgan fingerprint density at radius 1 is 1.12 bits per heavy atom. The van der Waals surface area contributed by atoms with Gasteiger partial charge in [-0.25, -0.2) is 0 Å². The van der Waals surface area contributed by atoms with E-state index in [9.17, 15) is 5.11 Å². The Kier molecular flexibility index (Phi) is 5.01. The molecule has 0 aliphatic rings. The van der Waals surface area contributed by atoms with Crippen LogP contribution < -0.4 is 4.74 Å². The Morgan fingerprint density at radius 2 is 1.65 bits per heavy atom. The van der Waals surface area contributed by atoms with Gasteiger partial charge < -0.3 is 9.84 Å². The standard InChI is InChI=1S/C15H24O2/c1-5-15(16,6-2)11-17-14-9-7-13(8-10-14)12(3)4/h7-10,12,16H,5-6,11H2,1-4H3. The van der Waals surface area contributed by atoms with Crippen molar-refractivity contribution in [3.63, 3.8) is 0 Å². The first-order chi connectivity index (χ1) is 8.00. The van der Waals surface area contributed by atoms with Gasteiger partial charge in [-0.15, -0.1) is 0 Å². The van der Waals surface area contributed by atoms with Gasteiger partial charge in [0.2, 0.25) is 0 Å². The molecule has 0 spiro atoms. The molecule has 0 fully saturated rings. The Labute approximate surface area is 105 Å². The third kappa shape index (κ3) is 4.04. The monoisotopic (exact) mass is 236 g/mol. The molecule has 0 aliphatic heterocycles. The van der Waals surface area contributed by atoms with Crippen molar-refractivity contribution >= 4 is 0 Å². The van der Waals surface area contributed by atoms with Crippen LogP contribution in [0.4, 0.5) is 0 Å². The van der Waals surface area contributed by atoms with Crippen molar-refractivity contribution in [2.24, 2.45) is 0 Å². The first-order valence-corrected chi connectivity index (χ1v) is 6.46. The van der Waals surface area contributed by atoms with E-state index >= 15 is 0 Å². The number of benzene rings is 1. The summed E-state index contributed by atoms with van der Waals surface area (Å²) in [5.41, 5.74) is 0.607. The second-order valence-electron chi connectivity index (χ2n) is 4.94. The molecule has 0 unspecified atom stereocenters. The fourth-order valence-corrected chi connectivity index (χ4v) is 1.62. The molecule has 2 nitrogen and oxygen atoms in total. The molecule has 0 radical (unpaired) electrons. The maximum absolute atomic E-state index is 10.1. The molecular weight excluding hydrogens is 212 g/mol. The van der Waals surface area contributed by atoms with Crippen LogP contribution in [0, 0.1) is 0 Å². The molecule has 0 saturated heterocycles. The third-order valence-corrected chi connectivity index (χ3v) is 3.37. The lowest BCUT2D eigenvalue weighted by molar-refractivity contribution is -0.0113. The van der Waals surface area contributed by atoms with Crippen molar-refractivity contribution < 1.29 is 9.84 Å². The van der Waals surface area contributed by atoms with Crippen LogP contribution in [0.15, 0.2) is 24.3 Å². The maximum Gasteiger partial charge on any atom is 0.119 e. The fourth-order valence-electron chi connectivity index (χ4n) is 1.62. The minimum Gasteiger partial charge on any atom is -0.491 e. The first kappa shape index (κ1) is 14.0. The van der Waals surface area contributed by atoms with E-state index in [1.165, 1.54) is 5.56 Å². The Hall–Kier alpha value is -1.02. The Balaban J connectivity index is 2.58. The Morgan fingerprint density at radius 3 is 2.06 bits per heavy atom. The van der Waals surface area contributed by atoms with Crippen LogP contribution in [0.1, 0.15) is 52.0 Å². The molecule has 0 heterocycles. The molecule has 0 bridgehead atoms. The van der Waals surface area contributed by atoms with Crippen LogP contribution in [0.3, 0.4) is 0 Å². The summed E-state index contributed by atoms with van der Waals surface area (Å²) in [6.45, 7) is 8.66. The van der Waals surface area contributed by atoms with E-state index in [2.05, 4.69) is 26.0 Å². The second-order valence-corrected chi connectivity index (χ2v) is 4.94. The number of aliphatic hydroxyl groups is 1. The predicted molar refractivity (Wildman–Crippen MR) is 71.6 cm³/mol. The molecular formula is C15H24O2. The zero-order valence-electron chi connectivity index (χ0n) is 11.4. The van der Waals surface area contributed by atoms with Crippen LogP contribution in [0.5, 0.6) is 5.75 Å². The van der Waals surface area contributed by atoms with Crippen molar-refractivity contribution in [3.8, 4) is 5.75 Å². The lowest BCUT2D eigenvalue weighted by atomic mass is 9.99. The molecule has 1 aromatic carbocycles. The second kappa shape index (κ2) is 6.06. The highest BCUT2D eigenvalue weighted by Crippen LogP contribution is 2.21. The quantitative estimate of drug-likeness (QED) is 0.815. The van der Waals surface area contributed by atoms with Crippen LogP contribution >= 0.6 is 0 Å². The summed E-state index contributed by atoms with van der Waals surface area (Å²) in [7, 11) is 0. The highest BCUT2D eigenvalue weighted by Gasteiger charge is 2.22. The van der Waals surface area contributed by atoms with Crippen molar-refractivity contribution in [2.45, 2.75) is 52.1 Å². The van der Waals surface area contributed by atoms with Gasteiger partial charge in [0.1, 0.15) is 12.4 Å². The van der Waals surface area contributed by atoms with Crippen molar-refractivity contribution in [2.75, 3.05) is 6.61 Å². The van der Waals surface area contributed by atoms with E-state index < -0.39 is 5.60 Å². The topological polar surface area (TPSA) is 29.5 Å². The molecule has 2 heteroatoms. The minimum absolute atomic E-state index is 0.362. The average molecular weight is 236 g/mol. The van der Waals surface area contributed by atoms with Gasteiger partial charge in [-0.05, 0) is 36.5 Å². The van der Waals surface area contributed by atoms with Crippen molar-refractivity contribution in [1.82, 2.24) is 0 Å². The van der Waals surface area contributed by atoms with Gasteiger partial charge in [0, 0.05) is 0 Å². The lowest BCUT2D eigenvalue weighted by Gasteiger charge is -2.25. The van der Waals surface area contributed by atoms with Gasteiger partial charge in [0.05, 0.1) is 5.60 Å². The summed E-state index contributed by atoms with van der Waals surface area (Å²) in [6.07, 6.45) is 1.43. The largest absolute Gasteiger partial charge is 0.491 e. The normalized spacial score (nSPS) is 11.9. The summed E-state index contributed by atoms with van der Waals surface area (Å²) in [5.74, 6) is 1.36. The number of hydrogen-bond acceptors (Lipinski definition) is 2. The molecule has 1 aromatic rings. The van der Waals surface area contributed by atoms with Crippen LogP contribution in [0.2, 0.25) is 0 Å². The van der Waals surface area contributed by atoms with Crippen molar-refractivity contribution in [3.05, 3.63) is 29.8 Å². The lowest BCUT2D eigenvalue weighted by Crippen LogP contribution is -2.34. The highest BCUT2D eigenvalue weighted by atomic mass is 16.5. The summed E-state index contributed by atoms with van der Waals surface area (Å²) >= 11 is 0. The predicted octanol–water partition coefficient (Wildman–Crippen LogP) is 3.74. The highest BCUT2D eigenvalue weighted by molar-refractivity contribution is 5.28. The van der Waals surface area contributed by atoms with Gasteiger partial charge in [-0.2, -0.15) is 0 Å². The fraction of sp³-hybridized carbons (Fsp3) is 0.600. The zero-order valence-corrected chi connectivity index (χ0v) is 11.4. The molecule has 1 rings (SSSR count). The van der Waals surface area contributed by atoms with Gasteiger partial charge >= 0.3 is 0 Å². The molecule has 0 atom stereocenters. The molecule has 0 aliphatic carbocycles. The van der Waals surface area contributed by atoms with E-state index in [1.807, 2.05) is 26.0 Å². The zero-order chi connectivity index (χ0) is 12.9. The Bertz CT molecular complexity index is 323. The molecule has 0 amide bonds. The first-order valence-electron chi connectivity index (χ1n) is 6.46. The number of ether oxygens (including phenoxy) is 1. The van der Waals surface area contributed by atoms with E-state index in [4.69, 9.17) is 4.74 Å². The SMILES string of the molecule is CCC(O)(CC)COc1ccc(C(C)C)cc1. The minimum atomic E-state index is -0.698. The summed E-state index contributed by atoms with van der Waals surface area (Å²) in [5, 5.41) is 10.1. The summed E-state index contributed by atoms with van der Waals surface area (Å²) in [4.78, 5) is 0. The molecule has 1 N–H and O–H groups in total. The van der Waals surface area contributed by atoms with Crippen molar-refractivity contribution in [1.29, 1.82) is 0 Å². The van der Waals surface area contributed by atoms with Crippen LogP contribution in [-0.2, 0) is 0 Å². The van der Waals surface area contributed by atoms with E-state index in [-0.39, 0.29) is 0 Å². The summed E-state index contributed by atoms with van der Waals surface area (Å²) in [6, 6.07) is 8.11. The van der Waals surface area contributed by atoms with E-state index in [0.717, 1.165) is 5.75 Å². The van der Waals surface area contributed by atoms with E-state index in [1.54, 1.807) is 0 Å². The average Bonchev–Trinajstić information content (AvgIpc) is 2.36. The molecule has 0 saturated carbocycles. The molecule has 0 aromatic heterocycles.